The number of thiazole rings is 1. The highest BCUT2D eigenvalue weighted by molar-refractivity contribution is 9.10. The number of nitrogens with one attached hydrogen (secondary N) is 1. The van der Waals surface area contributed by atoms with E-state index in [1.165, 1.54) is 11.3 Å². The van der Waals surface area contributed by atoms with Gasteiger partial charge >= 0.3 is 0 Å². The summed E-state index contributed by atoms with van der Waals surface area (Å²) in [7, 11) is 0. The molecule has 0 saturated heterocycles. The lowest BCUT2D eigenvalue weighted by Gasteiger charge is -2.04. The van der Waals surface area contributed by atoms with Gasteiger partial charge in [0.2, 0.25) is 0 Å². The van der Waals surface area contributed by atoms with Crippen molar-refractivity contribution >= 4 is 38.3 Å². The number of anilines is 1. The number of halogens is 1. The van der Waals surface area contributed by atoms with Crippen molar-refractivity contribution in [2.45, 2.75) is 13.8 Å². The number of benzene rings is 1. The Kier molecular flexibility index (Phi) is 4.04. The molecule has 112 valence electrons. The van der Waals surface area contributed by atoms with Gasteiger partial charge in [0.05, 0.1) is 17.1 Å². The van der Waals surface area contributed by atoms with Gasteiger partial charge in [0.15, 0.2) is 10.8 Å². The van der Waals surface area contributed by atoms with Crippen LogP contribution in [0.5, 0.6) is 0 Å². The molecule has 0 fully saturated rings. The van der Waals surface area contributed by atoms with E-state index in [1.54, 1.807) is 4.68 Å². The highest BCUT2D eigenvalue weighted by Crippen LogP contribution is 2.19. The summed E-state index contributed by atoms with van der Waals surface area (Å²) in [6, 6.07) is 7.64. The van der Waals surface area contributed by atoms with Gasteiger partial charge < -0.3 is 0 Å². The lowest BCUT2D eigenvalue weighted by Crippen LogP contribution is -2.14. The summed E-state index contributed by atoms with van der Waals surface area (Å²) in [4.78, 5) is 16.5. The summed E-state index contributed by atoms with van der Waals surface area (Å²) in [5.74, 6) is -0.312. The highest BCUT2D eigenvalue weighted by Gasteiger charge is 2.18. The molecule has 0 bridgehead atoms. The molecule has 0 unspecified atom stereocenters. The normalized spacial score (nSPS) is 10.7. The number of carbonyl (C=O) groups excluding carboxylic acids is 1. The number of hydrogen-bond donors (Lipinski definition) is 1. The molecule has 2 heterocycles. The standard InChI is InChI=1S/C14H12BrN5OS/c1-8-7-22-14(16-8)17-13(21)12-9(2)20(19-18-12)11-5-3-4-10(15)6-11/h3-7H,1-2H3,(H,16,17,21). The zero-order chi connectivity index (χ0) is 15.7. The van der Waals surface area contributed by atoms with E-state index in [0.717, 1.165) is 15.9 Å². The monoisotopic (exact) mass is 377 g/mol. The van der Waals surface area contributed by atoms with Crippen molar-refractivity contribution in [1.82, 2.24) is 20.0 Å². The molecule has 8 heteroatoms. The molecule has 0 atom stereocenters. The number of aromatic nitrogens is 4. The van der Waals surface area contributed by atoms with Gasteiger partial charge in [0.1, 0.15) is 0 Å². The largest absolute Gasteiger partial charge is 0.296 e. The smallest absolute Gasteiger partial charge is 0.279 e. The van der Waals surface area contributed by atoms with E-state index in [4.69, 9.17) is 0 Å². The highest BCUT2D eigenvalue weighted by atomic mass is 79.9. The second-order valence-corrected chi connectivity index (χ2v) is 6.44. The Balaban J connectivity index is 1.88. The van der Waals surface area contributed by atoms with Crippen molar-refractivity contribution in [1.29, 1.82) is 0 Å². The van der Waals surface area contributed by atoms with E-state index in [2.05, 4.69) is 36.5 Å². The van der Waals surface area contributed by atoms with Crippen molar-refractivity contribution in [3.63, 3.8) is 0 Å². The molecule has 2 aromatic heterocycles. The van der Waals surface area contributed by atoms with Gasteiger partial charge in [0.25, 0.3) is 5.91 Å². The lowest BCUT2D eigenvalue weighted by atomic mass is 10.3. The fourth-order valence-corrected chi connectivity index (χ4v) is 3.03. The zero-order valence-electron chi connectivity index (χ0n) is 11.9. The summed E-state index contributed by atoms with van der Waals surface area (Å²) >= 11 is 4.80. The average molecular weight is 378 g/mol. The summed E-state index contributed by atoms with van der Waals surface area (Å²) in [5.41, 5.74) is 2.66. The molecule has 0 spiro atoms. The Hall–Kier alpha value is -2.06. The van der Waals surface area contributed by atoms with E-state index >= 15 is 0 Å². The molecule has 1 aromatic carbocycles. The van der Waals surface area contributed by atoms with Gasteiger partial charge in [-0.05, 0) is 32.0 Å². The van der Waals surface area contributed by atoms with Crippen LogP contribution in [0, 0.1) is 13.8 Å². The number of carbonyl (C=O) groups is 1. The van der Waals surface area contributed by atoms with E-state index in [-0.39, 0.29) is 11.6 Å². The molecular formula is C14H12BrN5OS. The molecule has 1 amide bonds. The molecule has 22 heavy (non-hydrogen) atoms. The lowest BCUT2D eigenvalue weighted by molar-refractivity contribution is 0.102. The number of hydrogen-bond acceptors (Lipinski definition) is 5. The van der Waals surface area contributed by atoms with Gasteiger partial charge in [-0.1, -0.05) is 27.2 Å². The van der Waals surface area contributed by atoms with Gasteiger partial charge in [-0.25, -0.2) is 9.67 Å². The van der Waals surface area contributed by atoms with Crippen LogP contribution in [0.15, 0.2) is 34.1 Å². The fourth-order valence-electron chi connectivity index (χ4n) is 1.96. The van der Waals surface area contributed by atoms with Crippen LogP contribution in [-0.4, -0.2) is 25.9 Å². The SMILES string of the molecule is Cc1csc(NC(=O)c2nnn(-c3cccc(Br)c3)c2C)n1. The van der Waals surface area contributed by atoms with Gasteiger partial charge in [-0.15, -0.1) is 16.4 Å². The Morgan fingerprint density at radius 2 is 2.18 bits per heavy atom. The molecule has 0 aliphatic heterocycles. The van der Waals surface area contributed by atoms with Crippen LogP contribution in [0.25, 0.3) is 5.69 Å². The van der Waals surface area contributed by atoms with Crippen LogP contribution in [0.4, 0.5) is 5.13 Å². The molecule has 0 radical (unpaired) electrons. The molecule has 0 saturated carbocycles. The molecule has 3 rings (SSSR count). The van der Waals surface area contributed by atoms with Crippen molar-refractivity contribution in [3.8, 4) is 5.69 Å². The quantitative estimate of drug-likeness (QED) is 0.759. The van der Waals surface area contributed by atoms with Crippen molar-refractivity contribution in [2.24, 2.45) is 0 Å². The van der Waals surface area contributed by atoms with E-state index < -0.39 is 0 Å². The first kappa shape index (κ1) is 14.9. The van der Waals surface area contributed by atoms with Crippen molar-refractivity contribution in [3.05, 3.63) is 51.2 Å². The van der Waals surface area contributed by atoms with Crippen LogP contribution in [0.2, 0.25) is 0 Å². The first-order valence-corrected chi connectivity index (χ1v) is 8.13. The van der Waals surface area contributed by atoms with Gasteiger partial charge in [-0.2, -0.15) is 0 Å². The predicted octanol–water partition coefficient (Wildman–Crippen LogP) is 3.36. The number of rotatable bonds is 3. The Bertz CT molecular complexity index is 841. The first-order chi connectivity index (χ1) is 10.5. The fraction of sp³-hybridized carbons (Fsp3) is 0.143. The van der Waals surface area contributed by atoms with Crippen LogP contribution in [-0.2, 0) is 0 Å². The molecule has 0 aliphatic rings. The van der Waals surface area contributed by atoms with Crippen molar-refractivity contribution < 1.29 is 4.79 Å². The second kappa shape index (κ2) is 5.98. The van der Waals surface area contributed by atoms with Crippen LogP contribution >= 0.6 is 27.3 Å². The average Bonchev–Trinajstić information content (AvgIpc) is 3.05. The Morgan fingerprint density at radius 3 is 2.86 bits per heavy atom. The molecule has 0 aliphatic carbocycles. The van der Waals surface area contributed by atoms with Gasteiger partial charge in [0, 0.05) is 9.85 Å². The van der Waals surface area contributed by atoms with E-state index in [1.807, 2.05) is 43.5 Å². The maximum Gasteiger partial charge on any atom is 0.279 e. The topological polar surface area (TPSA) is 72.7 Å². The third-order valence-electron chi connectivity index (χ3n) is 3.00. The van der Waals surface area contributed by atoms with Crippen LogP contribution in [0.1, 0.15) is 21.9 Å². The number of nitrogens with zero attached hydrogens (tertiary/aromatic N) is 4. The maximum atomic E-state index is 12.3. The molecule has 6 nitrogen and oxygen atoms in total. The number of amides is 1. The summed E-state index contributed by atoms with van der Waals surface area (Å²) in [5, 5.41) is 13.2. The number of aryl methyl sites for hydroxylation is 1. The van der Waals surface area contributed by atoms with Crippen LogP contribution in [0.3, 0.4) is 0 Å². The molecule has 3 aromatic rings. The minimum absolute atomic E-state index is 0.285. The predicted molar refractivity (Wildman–Crippen MR) is 88.6 cm³/mol. The summed E-state index contributed by atoms with van der Waals surface area (Å²) in [6.45, 7) is 3.68. The van der Waals surface area contributed by atoms with E-state index in [9.17, 15) is 4.79 Å². The molecular weight excluding hydrogens is 366 g/mol. The summed E-state index contributed by atoms with van der Waals surface area (Å²) < 4.78 is 2.57. The maximum absolute atomic E-state index is 12.3. The van der Waals surface area contributed by atoms with Crippen LogP contribution < -0.4 is 5.32 Å². The Labute approximate surface area is 139 Å². The molecule has 1 N–H and O–H groups in total. The minimum atomic E-state index is -0.312. The Morgan fingerprint density at radius 1 is 1.36 bits per heavy atom. The second-order valence-electron chi connectivity index (χ2n) is 4.66. The minimum Gasteiger partial charge on any atom is -0.296 e. The first-order valence-electron chi connectivity index (χ1n) is 6.46. The zero-order valence-corrected chi connectivity index (χ0v) is 14.3. The van der Waals surface area contributed by atoms with E-state index in [0.29, 0.717) is 10.8 Å². The third kappa shape index (κ3) is 2.93. The third-order valence-corrected chi connectivity index (χ3v) is 4.37. The van der Waals surface area contributed by atoms with Crippen molar-refractivity contribution in [2.75, 3.05) is 5.32 Å². The van der Waals surface area contributed by atoms with Gasteiger partial charge in [-0.3, -0.25) is 10.1 Å². The summed E-state index contributed by atoms with van der Waals surface area (Å²) in [6.07, 6.45) is 0.